The molecule has 2 saturated heterocycles. The topological polar surface area (TPSA) is 49.9 Å². The second-order valence-electron chi connectivity index (χ2n) is 7.28. The lowest BCUT2D eigenvalue weighted by atomic mass is 9.76. The Bertz CT molecular complexity index is 612. The molecule has 0 unspecified atom stereocenters. The van der Waals surface area contributed by atoms with E-state index in [4.69, 9.17) is 4.84 Å². The fraction of sp³-hybridized carbons (Fsp3) is 0.667. The van der Waals surface area contributed by atoms with Crippen molar-refractivity contribution >= 4 is 23.2 Å². The van der Waals surface area contributed by atoms with E-state index in [0.29, 0.717) is 19.7 Å². The minimum absolute atomic E-state index is 0.0101. The first-order valence-corrected chi connectivity index (χ1v) is 9.90. The first-order valence-electron chi connectivity index (χ1n) is 8.95. The van der Waals surface area contributed by atoms with Crippen LogP contribution in [0.2, 0.25) is 0 Å². The minimum Gasteiger partial charge on any atom is -0.338 e. The van der Waals surface area contributed by atoms with Gasteiger partial charge in [-0.05, 0) is 43.6 Å². The number of carbonyl (C=O) groups is 2. The van der Waals surface area contributed by atoms with Gasteiger partial charge in [-0.1, -0.05) is 6.42 Å². The second kappa shape index (κ2) is 6.48. The van der Waals surface area contributed by atoms with Gasteiger partial charge in [-0.3, -0.25) is 14.4 Å². The van der Waals surface area contributed by atoms with E-state index in [2.05, 4.69) is 0 Å². The molecule has 2 aliphatic heterocycles. The van der Waals surface area contributed by atoms with Crippen LogP contribution in [0.1, 0.15) is 48.9 Å². The maximum absolute atomic E-state index is 13.0. The second-order valence-corrected chi connectivity index (χ2v) is 8.06. The quantitative estimate of drug-likeness (QED) is 0.826. The first-order chi connectivity index (χ1) is 11.7. The molecule has 4 rings (SSSR count). The third-order valence-electron chi connectivity index (χ3n) is 5.89. The van der Waals surface area contributed by atoms with Crippen LogP contribution in [0.3, 0.4) is 0 Å². The van der Waals surface area contributed by atoms with Crippen LogP contribution in [0.15, 0.2) is 16.8 Å². The number of hydrogen-bond acceptors (Lipinski definition) is 4. The van der Waals surface area contributed by atoms with Crippen LogP contribution in [0.5, 0.6) is 0 Å². The number of hydroxylamine groups is 2. The van der Waals surface area contributed by atoms with Gasteiger partial charge in [0.2, 0.25) is 5.91 Å². The monoisotopic (exact) mass is 348 g/mol. The molecule has 1 aromatic rings. The molecule has 1 aliphatic carbocycles. The summed E-state index contributed by atoms with van der Waals surface area (Å²) in [6, 6.07) is 1.89. The smallest absolute Gasteiger partial charge is 0.254 e. The van der Waals surface area contributed by atoms with E-state index in [9.17, 15) is 9.59 Å². The molecule has 0 N–H and O–H groups in total. The standard InChI is InChI=1S/C18H24N2O3S/c21-16(14-5-11-24-12-14)19-9-7-18(13-19)6-3-4-15(18)17(22)20-8-1-2-10-23-20/h5,11-12,15H,1-4,6-10,13H2/t15-,18+/m1/s1. The van der Waals surface area contributed by atoms with Crippen molar-refractivity contribution in [3.8, 4) is 0 Å². The summed E-state index contributed by atoms with van der Waals surface area (Å²) in [5.41, 5.74) is 0.737. The molecule has 0 radical (unpaired) electrons. The molecule has 3 fully saturated rings. The normalized spacial score (nSPS) is 30.2. The average molecular weight is 348 g/mol. The van der Waals surface area contributed by atoms with Crippen molar-refractivity contribution in [3.63, 3.8) is 0 Å². The van der Waals surface area contributed by atoms with E-state index >= 15 is 0 Å². The van der Waals surface area contributed by atoms with Crippen molar-refractivity contribution in [1.29, 1.82) is 0 Å². The highest BCUT2D eigenvalue weighted by molar-refractivity contribution is 7.08. The van der Waals surface area contributed by atoms with Crippen molar-refractivity contribution in [2.75, 3.05) is 26.2 Å². The SMILES string of the molecule is O=C(c1ccsc1)N1CC[C@@]2(CCC[C@@H]2C(=O)N2CCCCO2)C1. The van der Waals surface area contributed by atoms with Crippen LogP contribution >= 0.6 is 11.3 Å². The van der Waals surface area contributed by atoms with E-state index in [1.165, 1.54) is 0 Å². The summed E-state index contributed by atoms with van der Waals surface area (Å²) in [6.07, 6.45) is 6.04. The summed E-state index contributed by atoms with van der Waals surface area (Å²) < 4.78 is 0. The number of hydrogen-bond donors (Lipinski definition) is 0. The van der Waals surface area contributed by atoms with Gasteiger partial charge in [0, 0.05) is 36.3 Å². The van der Waals surface area contributed by atoms with Gasteiger partial charge >= 0.3 is 0 Å². The molecular weight excluding hydrogens is 324 g/mol. The molecule has 1 spiro atoms. The van der Waals surface area contributed by atoms with Crippen molar-refractivity contribution in [3.05, 3.63) is 22.4 Å². The van der Waals surface area contributed by atoms with Crippen molar-refractivity contribution in [2.45, 2.75) is 38.5 Å². The Morgan fingerprint density at radius 1 is 1.21 bits per heavy atom. The molecule has 2 amide bonds. The zero-order valence-electron chi connectivity index (χ0n) is 13.9. The number of thiophene rings is 1. The van der Waals surface area contributed by atoms with Gasteiger partial charge < -0.3 is 4.90 Å². The number of rotatable bonds is 2. The van der Waals surface area contributed by atoms with Crippen LogP contribution in [-0.2, 0) is 9.63 Å². The van der Waals surface area contributed by atoms with Crippen LogP contribution in [-0.4, -0.2) is 48.0 Å². The van der Waals surface area contributed by atoms with Crippen LogP contribution in [0.4, 0.5) is 0 Å². The fourth-order valence-electron chi connectivity index (χ4n) is 4.59. The Morgan fingerprint density at radius 2 is 2.12 bits per heavy atom. The molecule has 3 aliphatic rings. The van der Waals surface area contributed by atoms with E-state index in [-0.39, 0.29) is 23.1 Å². The number of carbonyl (C=O) groups excluding carboxylic acids is 2. The minimum atomic E-state index is -0.0381. The fourth-order valence-corrected chi connectivity index (χ4v) is 5.22. The molecule has 0 bridgehead atoms. The van der Waals surface area contributed by atoms with E-state index in [1.54, 1.807) is 16.4 Å². The van der Waals surface area contributed by atoms with Gasteiger partial charge in [-0.2, -0.15) is 11.3 Å². The summed E-state index contributed by atoms with van der Waals surface area (Å²) in [7, 11) is 0. The Hall–Kier alpha value is -1.40. The van der Waals surface area contributed by atoms with E-state index in [0.717, 1.165) is 50.6 Å². The lowest BCUT2D eigenvalue weighted by molar-refractivity contribution is -0.204. The molecule has 1 aromatic heterocycles. The predicted molar refractivity (Wildman–Crippen MR) is 91.5 cm³/mol. The Labute approximate surface area is 146 Å². The van der Waals surface area contributed by atoms with E-state index in [1.807, 2.05) is 21.7 Å². The van der Waals surface area contributed by atoms with Crippen molar-refractivity contribution < 1.29 is 14.4 Å². The Morgan fingerprint density at radius 3 is 2.88 bits per heavy atom. The van der Waals surface area contributed by atoms with Crippen LogP contribution in [0.25, 0.3) is 0 Å². The van der Waals surface area contributed by atoms with Crippen molar-refractivity contribution in [2.24, 2.45) is 11.3 Å². The summed E-state index contributed by atoms with van der Waals surface area (Å²) >= 11 is 1.55. The molecule has 5 nitrogen and oxygen atoms in total. The maximum Gasteiger partial charge on any atom is 0.254 e. The Balaban J connectivity index is 1.48. The summed E-state index contributed by atoms with van der Waals surface area (Å²) in [4.78, 5) is 33.1. The molecule has 1 saturated carbocycles. The first kappa shape index (κ1) is 16.1. The highest BCUT2D eigenvalue weighted by Gasteiger charge is 2.52. The molecule has 2 atom stereocenters. The molecule has 3 heterocycles. The van der Waals surface area contributed by atoms with Crippen molar-refractivity contribution in [1.82, 2.24) is 9.96 Å². The molecule has 0 aromatic carbocycles. The highest BCUT2D eigenvalue weighted by atomic mass is 32.1. The van der Waals surface area contributed by atoms with Gasteiger partial charge in [-0.15, -0.1) is 0 Å². The third kappa shape index (κ3) is 2.75. The van der Waals surface area contributed by atoms with Gasteiger partial charge in [0.15, 0.2) is 0 Å². The summed E-state index contributed by atoms with van der Waals surface area (Å²) in [5, 5.41) is 5.45. The van der Waals surface area contributed by atoms with Gasteiger partial charge in [0.25, 0.3) is 5.91 Å². The largest absolute Gasteiger partial charge is 0.338 e. The highest BCUT2D eigenvalue weighted by Crippen LogP contribution is 2.50. The predicted octanol–water partition coefficient (Wildman–Crippen LogP) is 2.93. The number of nitrogens with zero attached hydrogens (tertiary/aromatic N) is 2. The molecule has 130 valence electrons. The molecule has 6 heteroatoms. The van der Waals surface area contributed by atoms with Gasteiger partial charge in [-0.25, -0.2) is 5.06 Å². The van der Waals surface area contributed by atoms with Gasteiger partial charge in [0.1, 0.15) is 0 Å². The lowest BCUT2D eigenvalue weighted by Crippen LogP contribution is -2.45. The zero-order chi connectivity index (χ0) is 16.6. The maximum atomic E-state index is 13.0. The van der Waals surface area contributed by atoms with Gasteiger partial charge in [0.05, 0.1) is 12.2 Å². The average Bonchev–Trinajstić information content (AvgIpc) is 3.37. The zero-order valence-corrected chi connectivity index (χ0v) is 14.7. The molecular formula is C18H24N2O3S. The number of likely N-dealkylation sites (tertiary alicyclic amines) is 1. The number of amides is 2. The van der Waals surface area contributed by atoms with Crippen LogP contribution < -0.4 is 0 Å². The Kier molecular flexibility index (Phi) is 4.35. The van der Waals surface area contributed by atoms with E-state index < -0.39 is 0 Å². The third-order valence-corrected chi connectivity index (χ3v) is 6.58. The summed E-state index contributed by atoms with van der Waals surface area (Å²) in [6.45, 7) is 2.84. The van der Waals surface area contributed by atoms with Crippen LogP contribution in [0, 0.1) is 11.3 Å². The summed E-state index contributed by atoms with van der Waals surface area (Å²) in [5.74, 6) is 0.272. The molecule has 24 heavy (non-hydrogen) atoms. The lowest BCUT2D eigenvalue weighted by Gasteiger charge is -2.35.